The Morgan fingerprint density at radius 1 is 1.40 bits per heavy atom. The largest absolute Gasteiger partial charge is 0.488 e. The van der Waals surface area contributed by atoms with Gasteiger partial charge >= 0.3 is 6.03 Å². The van der Waals surface area contributed by atoms with Crippen LogP contribution in [-0.2, 0) is 11.2 Å². The van der Waals surface area contributed by atoms with E-state index in [2.05, 4.69) is 12.2 Å². The van der Waals surface area contributed by atoms with Gasteiger partial charge < -0.3 is 19.9 Å². The van der Waals surface area contributed by atoms with E-state index in [4.69, 9.17) is 4.74 Å². The maximum atomic E-state index is 12.4. The topological polar surface area (TPSA) is 61.9 Å². The molecule has 138 valence electrons. The van der Waals surface area contributed by atoms with Crippen LogP contribution in [0.3, 0.4) is 0 Å². The Morgan fingerprint density at radius 2 is 2.08 bits per heavy atom. The van der Waals surface area contributed by atoms with Gasteiger partial charge in [-0.1, -0.05) is 25.1 Å². The molecule has 1 heterocycles. The molecule has 2 rings (SSSR count). The minimum absolute atomic E-state index is 0.0782. The monoisotopic (exact) mass is 347 g/mol. The predicted molar refractivity (Wildman–Crippen MR) is 97.7 cm³/mol. The van der Waals surface area contributed by atoms with E-state index in [-0.39, 0.29) is 30.0 Å². The molecule has 3 amide bonds. The number of carbonyl (C=O) groups excluding carboxylic acids is 2. The lowest BCUT2D eigenvalue weighted by atomic mass is 10.0. The molecule has 0 aliphatic carbocycles. The summed E-state index contributed by atoms with van der Waals surface area (Å²) in [5.74, 6) is 0.893. The first kappa shape index (κ1) is 19.1. The molecule has 2 atom stereocenters. The molecule has 0 spiro atoms. The fourth-order valence-corrected chi connectivity index (χ4v) is 2.92. The van der Waals surface area contributed by atoms with Crippen molar-refractivity contribution in [1.82, 2.24) is 15.1 Å². The van der Waals surface area contributed by atoms with Gasteiger partial charge in [-0.05, 0) is 19.9 Å². The van der Waals surface area contributed by atoms with Crippen molar-refractivity contribution in [2.45, 2.75) is 39.3 Å². The second-order valence-corrected chi connectivity index (χ2v) is 7.18. The van der Waals surface area contributed by atoms with Crippen molar-refractivity contribution in [3.8, 4) is 5.75 Å². The number of nitrogens with one attached hydrogen (secondary N) is 1. The highest BCUT2D eigenvalue weighted by atomic mass is 16.5. The number of amides is 3. The average molecular weight is 347 g/mol. The van der Waals surface area contributed by atoms with Crippen LogP contribution in [0.5, 0.6) is 5.75 Å². The lowest BCUT2D eigenvalue weighted by Gasteiger charge is -2.31. The van der Waals surface area contributed by atoms with Crippen LogP contribution >= 0.6 is 0 Å². The number of para-hydroxylation sites is 1. The Hall–Kier alpha value is -2.24. The summed E-state index contributed by atoms with van der Waals surface area (Å²) < 4.78 is 6.25. The first-order valence-corrected chi connectivity index (χ1v) is 8.78. The average Bonchev–Trinajstić information content (AvgIpc) is 2.57. The molecule has 6 nitrogen and oxygen atoms in total. The SMILES string of the molecule is CC(C)NC(=O)N(C)C[C@@H]1Oc2ccccc2CC(=O)N(C)C[C@H]1C. The minimum atomic E-state index is -0.197. The van der Waals surface area contributed by atoms with E-state index in [1.807, 2.05) is 45.2 Å². The van der Waals surface area contributed by atoms with Crippen LogP contribution in [0.2, 0.25) is 0 Å². The van der Waals surface area contributed by atoms with E-state index in [1.54, 1.807) is 16.8 Å². The summed E-state index contributed by atoms with van der Waals surface area (Å²) in [4.78, 5) is 28.0. The quantitative estimate of drug-likeness (QED) is 0.911. The van der Waals surface area contributed by atoms with Crippen LogP contribution in [0.15, 0.2) is 24.3 Å². The molecule has 0 aromatic heterocycles. The Labute approximate surface area is 150 Å². The summed E-state index contributed by atoms with van der Waals surface area (Å²) in [6.45, 7) is 6.97. The van der Waals surface area contributed by atoms with E-state index < -0.39 is 0 Å². The number of carbonyl (C=O) groups is 2. The highest BCUT2D eigenvalue weighted by Crippen LogP contribution is 2.25. The molecular weight excluding hydrogens is 318 g/mol. The van der Waals surface area contributed by atoms with Crippen molar-refractivity contribution in [3.63, 3.8) is 0 Å². The van der Waals surface area contributed by atoms with Crippen LogP contribution in [0.1, 0.15) is 26.3 Å². The molecule has 1 aliphatic rings. The van der Waals surface area contributed by atoms with E-state index in [9.17, 15) is 9.59 Å². The molecule has 1 aromatic carbocycles. The van der Waals surface area contributed by atoms with E-state index >= 15 is 0 Å². The molecule has 1 N–H and O–H groups in total. The van der Waals surface area contributed by atoms with Gasteiger partial charge in [0.25, 0.3) is 0 Å². The Morgan fingerprint density at radius 3 is 2.76 bits per heavy atom. The fraction of sp³-hybridized carbons (Fsp3) is 0.579. The van der Waals surface area contributed by atoms with Crippen molar-refractivity contribution in [1.29, 1.82) is 0 Å². The number of fused-ring (bicyclic) bond motifs is 1. The summed E-state index contributed by atoms with van der Waals surface area (Å²) in [7, 11) is 3.58. The first-order chi connectivity index (χ1) is 11.8. The predicted octanol–water partition coefficient (Wildman–Crippen LogP) is 2.13. The van der Waals surface area contributed by atoms with Gasteiger partial charge in [-0.25, -0.2) is 4.79 Å². The summed E-state index contributed by atoms with van der Waals surface area (Å²) in [5.41, 5.74) is 0.882. The molecule has 0 unspecified atom stereocenters. The molecule has 0 bridgehead atoms. The Balaban J connectivity index is 2.21. The standard InChI is InChI=1S/C19H29N3O3/c1-13(2)20-19(24)22(5)12-17-14(3)11-21(4)18(23)10-15-8-6-7-9-16(15)25-17/h6-9,13-14,17H,10-12H2,1-5H3,(H,20,24)/t14-,17+/m1/s1. The van der Waals surface area contributed by atoms with Gasteiger partial charge in [0.1, 0.15) is 11.9 Å². The third kappa shape index (κ3) is 5.11. The molecule has 1 aliphatic heterocycles. The molecule has 6 heteroatoms. The minimum Gasteiger partial charge on any atom is -0.488 e. The highest BCUT2D eigenvalue weighted by Gasteiger charge is 2.28. The van der Waals surface area contributed by atoms with Crippen LogP contribution in [0.25, 0.3) is 0 Å². The number of ether oxygens (including phenoxy) is 1. The summed E-state index contributed by atoms with van der Waals surface area (Å²) in [5, 5.41) is 2.89. The lowest BCUT2D eigenvalue weighted by molar-refractivity contribution is -0.129. The smallest absolute Gasteiger partial charge is 0.317 e. The number of benzene rings is 1. The zero-order chi connectivity index (χ0) is 18.6. The molecule has 0 radical (unpaired) electrons. The van der Waals surface area contributed by atoms with Gasteiger partial charge in [-0.15, -0.1) is 0 Å². The normalized spacial score (nSPS) is 20.9. The number of nitrogens with zero attached hydrogens (tertiary/aromatic N) is 2. The summed E-state index contributed by atoms with van der Waals surface area (Å²) >= 11 is 0. The van der Waals surface area contributed by atoms with Crippen molar-refractivity contribution < 1.29 is 14.3 Å². The van der Waals surface area contributed by atoms with Crippen molar-refractivity contribution in [2.75, 3.05) is 27.2 Å². The lowest BCUT2D eigenvalue weighted by Crippen LogP contribution is -2.48. The summed E-state index contributed by atoms with van der Waals surface area (Å²) in [6.07, 6.45) is 0.132. The van der Waals surface area contributed by atoms with Crippen molar-refractivity contribution in [3.05, 3.63) is 29.8 Å². The van der Waals surface area contributed by atoms with Gasteiger partial charge in [-0.2, -0.15) is 0 Å². The molecule has 0 saturated carbocycles. The third-order valence-electron chi connectivity index (χ3n) is 4.43. The van der Waals surface area contributed by atoms with Crippen LogP contribution in [-0.4, -0.2) is 61.1 Å². The number of urea groups is 1. The number of likely N-dealkylation sites (N-methyl/N-ethyl adjacent to an activating group) is 2. The van der Waals surface area contributed by atoms with E-state index in [0.29, 0.717) is 19.5 Å². The van der Waals surface area contributed by atoms with Crippen LogP contribution in [0, 0.1) is 5.92 Å². The van der Waals surface area contributed by atoms with E-state index in [1.165, 1.54) is 0 Å². The maximum absolute atomic E-state index is 12.4. The number of hydrogen-bond donors (Lipinski definition) is 1. The second kappa shape index (κ2) is 8.23. The number of hydrogen-bond acceptors (Lipinski definition) is 3. The van der Waals surface area contributed by atoms with Gasteiger partial charge in [0.15, 0.2) is 0 Å². The van der Waals surface area contributed by atoms with Crippen LogP contribution < -0.4 is 10.1 Å². The number of rotatable bonds is 3. The van der Waals surface area contributed by atoms with Crippen LogP contribution in [0.4, 0.5) is 4.79 Å². The first-order valence-electron chi connectivity index (χ1n) is 8.78. The molecule has 1 aromatic rings. The molecule has 0 fully saturated rings. The molecule has 25 heavy (non-hydrogen) atoms. The van der Waals surface area contributed by atoms with Gasteiger partial charge in [0, 0.05) is 38.2 Å². The third-order valence-corrected chi connectivity index (χ3v) is 4.43. The zero-order valence-electron chi connectivity index (χ0n) is 15.8. The Bertz CT molecular complexity index is 618. The van der Waals surface area contributed by atoms with E-state index in [0.717, 1.165) is 11.3 Å². The van der Waals surface area contributed by atoms with Gasteiger partial charge in [0.05, 0.1) is 13.0 Å². The van der Waals surface area contributed by atoms with Gasteiger partial charge in [0.2, 0.25) is 5.91 Å². The summed E-state index contributed by atoms with van der Waals surface area (Å²) in [6, 6.07) is 7.59. The van der Waals surface area contributed by atoms with Gasteiger partial charge in [-0.3, -0.25) is 4.79 Å². The second-order valence-electron chi connectivity index (χ2n) is 7.18. The maximum Gasteiger partial charge on any atom is 0.317 e. The molecular formula is C19H29N3O3. The van der Waals surface area contributed by atoms with Crippen molar-refractivity contribution in [2.24, 2.45) is 5.92 Å². The van der Waals surface area contributed by atoms with Crippen molar-refractivity contribution >= 4 is 11.9 Å². The Kier molecular flexibility index (Phi) is 6.28. The molecule has 0 saturated heterocycles. The highest BCUT2D eigenvalue weighted by molar-refractivity contribution is 5.79. The fourth-order valence-electron chi connectivity index (χ4n) is 2.92. The zero-order valence-corrected chi connectivity index (χ0v) is 15.8.